The molecule has 0 aromatic heterocycles. The van der Waals surface area contributed by atoms with Crippen molar-refractivity contribution in [2.24, 2.45) is 5.84 Å². The van der Waals surface area contributed by atoms with Gasteiger partial charge in [-0.1, -0.05) is 17.7 Å². The number of ether oxygens (including phenoxy) is 1. The van der Waals surface area contributed by atoms with Crippen molar-refractivity contribution in [1.29, 1.82) is 0 Å². The molecule has 1 aromatic rings. The summed E-state index contributed by atoms with van der Waals surface area (Å²) in [5, 5.41) is 0. The molecule has 0 aliphatic rings. The highest BCUT2D eigenvalue weighted by Gasteiger charge is 2.18. The average molecular weight is 282 g/mol. The number of nitrogens with two attached hydrogens (primary N) is 1. The van der Waals surface area contributed by atoms with Crippen molar-refractivity contribution in [3.8, 4) is 0 Å². The van der Waals surface area contributed by atoms with Gasteiger partial charge >= 0.3 is 0 Å². The number of aryl methyl sites for hydroxylation is 1. The molecule has 3 nitrogen and oxygen atoms in total. The number of hydrogen-bond acceptors (Lipinski definition) is 4. The highest BCUT2D eigenvalue weighted by atomic mass is 32.2. The van der Waals surface area contributed by atoms with E-state index in [-0.39, 0.29) is 5.60 Å². The van der Waals surface area contributed by atoms with E-state index in [4.69, 9.17) is 10.6 Å². The van der Waals surface area contributed by atoms with Gasteiger partial charge in [-0.05, 0) is 45.7 Å². The van der Waals surface area contributed by atoms with Crippen molar-refractivity contribution < 1.29 is 4.74 Å². The van der Waals surface area contributed by atoms with Crippen LogP contribution in [0.3, 0.4) is 0 Å². The van der Waals surface area contributed by atoms with Crippen molar-refractivity contribution in [3.63, 3.8) is 0 Å². The fourth-order valence-corrected chi connectivity index (χ4v) is 2.84. The van der Waals surface area contributed by atoms with Crippen molar-refractivity contribution in [3.05, 3.63) is 29.8 Å². The number of hydrazine groups is 1. The van der Waals surface area contributed by atoms with Crippen LogP contribution in [0.5, 0.6) is 0 Å². The van der Waals surface area contributed by atoms with E-state index in [9.17, 15) is 0 Å². The predicted octanol–water partition coefficient (Wildman–Crippen LogP) is 3.12. The molecule has 19 heavy (non-hydrogen) atoms. The van der Waals surface area contributed by atoms with Gasteiger partial charge in [-0.25, -0.2) is 0 Å². The van der Waals surface area contributed by atoms with E-state index in [1.165, 1.54) is 10.5 Å². The standard InChI is InChI=1S/C15H26N2OS/c1-12-6-5-7-14(10-12)19-11-13(17-16)8-9-15(2,3)18-4/h5-7,10,13,17H,8-9,11,16H2,1-4H3. The summed E-state index contributed by atoms with van der Waals surface area (Å²) in [7, 11) is 1.76. The first-order chi connectivity index (χ1) is 8.96. The molecule has 0 fully saturated rings. The van der Waals surface area contributed by atoms with E-state index >= 15 is 0 Å². The Morgan fingerprint density at radius 1 is 1.42 bits per heavy atom. The number of methoxy groups -OCH3 is 1. The first kappa shape index (κ1) is 16.5. The molecule has 1 aromatic carbocycles. The zero-order valence-electron chi connectivity index (χ0n) is 12.4. The van der Waals surface area contributed by atoms with Crippen LogP contribution in [0.25, 0.3) is 0 Å². The SMILES string of the molecule is COC(C)(C)CCC(CSc1cccc(C)c1)NN. The summed E-state index contributed by atoms with van der Waals surface area (Å²) in [6, 6.07) is 8.86. The lowest BCUT2D eigenvalue weighted by Crippen LogP contribution is -2.38. The Hall–Kier alpha value is -0.550. The average Bonchev–Trinajstić information content (AvgIpc) is 2.39. The molecule has 0 amide bonds. The molecule has 0 saturated heterocycles. The van der Waals surface area contributed by atoms with Crippen LogP contribution in [0.4, 0.5) is 0 Å². The minimum atomic E-state index is -0.0803. The largest absolute Gasteiger partial charge is 0.379 e. The lowest BCUT2D eigenvalue weighted by Gasteiger charge is -2.25. The Morgan fingerprint density at radius 2 is 2.16 bits per heavy atom. The summed E-state index contributed by atoms with van der Waals surface area (Å²) in [6.07, 6.45) is 2.00. The van der Waals surface area contributed by atoms with Crippen LogP contribution in [0.1, 0.15) is 32.3 Å². The van der Waals surface area contributed by atoms with Crippen molar-refractivity contribution in [2.75, 3.05) is 12.9 Å². The summed E-state index contributed by atoms with van der Waals surface area (Å²) < 4.78 is 5.44. The third-order valence-corrected chi connectivity index (χ3v) is 4.48. The van der Waals surface area contributed by atoms with Crippen LogP contribution >= 0.6 is 11.8 Å². The highest BCUT2D eigenvalue weighted by molar-refractivity contribution is 7.99. The van der Waals surface area contributed by atoms with E-state index in [1.54, 1.807) is 7.11 Å². The molecule has 0 bridgehead atoms. The maximum atomic E-state index is 5.63. The van der Waals surface area contributed by atoms with E-state index in [2.05, 4.69) is 50.5 Å². The second kappa shape index (κ2) is 7.90. The molecule has 1 unspecified atom stereocenters. The maximum absolute atomic E-state index is 5.63. The molecule has 3 N–H and O–H groups in total. The van der Waals surface area contributed by atoms with Gasteiger partial charge in [0.05, 0.1) is 5.60 Å². The molecule has 0 saturated carbocycles. The molecule has 1 rings (SSSR count). The summed E-state index contributed by atoms with van der Waals surface area (Å²) in [6.45, 7) is 6.33. The third kappa shape index (κ3) is 6.43. The maximum Gasteiger partial charge on any atom is 0.0623 e. The van der Waals surface area contributed by atoms with E-state index in [0.29, 0.717) is 6.04 Å². The lowest BCUT2D eigenvalue weighted by atomic mass is 10.00. The molecule has 0 aliphatic carbocycles. The van der Waals surface area contributed by atoms with E-state index < -0.39 is 0 Å². The first-order valence-corrected chi connectivity index (χ1v) is 7.66. The minimum Gasteiger partial charge on any atom is -0.379 e. The van der Waals surface area contributed by atoms with Gasteiger partial charge < -0.3 is 4.74 Å². The molecule has 1 atom stereocenters. The van der Waals surface area contributed by atoms with Crippen LogP contribution in [0, 0.1) is 6.92 Å². The molecule has 0 aliphatic heterocycles. The van der Waals surface area contributed by atoms with Gasteiger partial charge in [0.25, 0.3) is 0 Å². The molecule has 0 spiro atoms. The predicted molar refractivity (Wildman–Crippen MR) is 83.3 cm³/mol. The van der Waals surface area contributed by atoms with Crippen LogP contribution in [-0.2, 0) is 4.74 Å². The Balaban J connectivity index is 2.40. The second-order valence-corrected chi connectivity index (χ2v) is 6.59. The molecular weight excluding hydrogens is 256 g/mol. The first-order valence-electron chi connectivity index (χ1n) is 6.67. The Bertz CT molecular complexity index is 382. The van der Waals surface area contributed by atoms with Crippen molar-refractivity contribution in [1.82, 2.24) is 5.43 Å². The fourth-order valence-electron chi connectivity index (χ4n) is 1.74. The molecular formula is C15H26N2OS. The Kier molecular flexibility index (Phi) is 6.86. The summed E-state index contributed by atoms with van der Waals surface area (Å²) in [5.74, 6) is 6.61. The number of nitrogens with one attached hydrogen (secondary N) is 1. The van der Waals surface area contributed by atoms with Crippen LogP contribution < -0.4 is 11.3 Å². The minimum absolute atomic E-state index is 0.0803. The van der Waals surface area contributed by atoms with Gasteiger partial charge in [0, 0.05) is 23.8 Å². The van der Waals surface area contributed by atoms with E-state index in [0.717, 1.165) is 18.6 Å². The lowest BCUT2D eigenvalue weighted by molar-refractivity contribution is 0.0122. The fraction of sp³-hybridized carbons (Fsp3) is 0.600. The van der Waals surface area contributed by atoms with Gasteiger partial charge in [-0.15, -0.1) is 11.8 Å². The third-order valence-electron chi connectivity index (χ3n) is 3.32. The van der Waals surface area contributed by atoms with Crippen LogP contribution in [0.2, 0.25) is 0 Å². The topological polar surface area (TPSA) is 47.3 Å². The normalized spacial score (nSPS) is 13.5. The number of benzene rings is 1. The summed E-state index contributed by atoms with van der Waals surface area (Å²) >= 11 is 1.84. The quantitative estimate of drug-likeness (QED) is 0.437. The Morgan fingerprint density at radius 3 is 2.74 bits per heavy atom. The molecule has 4 heteroatoms. The monoisotopic (exact) mass is 282 g/mol. The Labute approximate surface area is 121 Å². The molecule has 0 heterocycles. The number of rotatable bonds is 8. The zero-order valence-corrected chi connectivity index (χ0v) is 13.2. The van der Waals surface area contributed by atoms with Gasteiger partial charge in [-0.3, -0.25) is 11.3 Å². The van der Waals surface area contributed by atoms with Crippen molar-refractivity contribution in [2.45, 2.75) is 50.2 Å². The van der Waals surface area contributed by atoms with Crippen LogP contribution in [0.15, 0.2) is 29.2 Å². The highest BCUT2D eigenvalue weighted by Crippen LogP contribution is 2.22. The van der Waals surface area contributed by atoms with Crippen molar-refractivity contribution >= 4 is 11.8 Å². The molecule has 108 valence electrons. The zero-order chi connectivity index (χ0) is 14.3. The van der Waals surface area contributed by atoms with Gasteiger partial charge in [0.2, 0.25) is 0 Å². The van der Waals surface area contributed by atoms with E-state index in [1.807, 2.05) is 11.8 Å². The summed E-state index contributed by atoms with van der Waals surface area (Å²) in [4.78, 5) is 1.30. The number of hydrogen-bond donors (Lipinski definition) is 2. The second-order valence-electron chi connectivity index (χ2n) is 5.49. The van der Waals surface area contributed by atoms with Gasteiger partial charge in [0.15, 0.2) is 0 Å². The van der Waals surface area contributed by atoms with Gasteiger partial charge in [-0.2, -0.15) is 0 Å². The van der Waals surface area contributed by atoms with Crippen LogP contribution in [-0.4, -0.2) is 24.5 Å². The number of thioether (sulfide) groups is 1. The molecule has 0 radical (unpaired) electrons. The smallest absolute Gasteiger partial charge is 0.0623 e. The summed E-state index contributed by atoms with van der Waals surface area (Å²) in [5.41, 5.74) is 4.12. The van der Waals surface area contributed by atoms with Gasteiger partial charge in [0.1, 0.15) is 0 Å².